The summed E-state index contributed by atoms with van der Waals surface area (Å²) in [7, 11) is 0. The van der Waals surface area contributed by atoms with Crippen molar-refractivity contribution in [1.82, 2.24) is 0 Å². The number of halogens is 10. The first-order valence-corrected chi connectivity index (χ1v) is 13.1. The SMILES string of the molecule is Cc1ccc(-c2ccc(C#Cc3cc(F)c(C(F)(F)Oc4ccc5c(F)c(C#CC(F)(F)F)c(F)cc5c4)c(F)c3)c(F)c2)cc1. The fraction of sp³-hybridized carbons (Fsp3) is 0.0857. The van der Waals surface area contributed by atoms with E-state index in [1.807, 2.05) is 19.1 Å². The van der Waals surface area contributed by atoms with Gasteiger partial charge in [0.25, 0.3) is 0 Å². The molecule has 0 N–H and O–H groups in total. The van der Waals surface area contributed by atoms with Crippen LogP contribution in [0, 0.1) is 59.7 Å². The standard InChI is InChI=1S/C35H16F10O/c1-19-2-5-21(6-3-19)23-9-8-22(28(36)17-23)7-4-20-14-30(38)32(31(39)15-20)35(44,45)46-25-10-11-26-24(16-25)18-29(37)27(33(26)40)12-13-34(41,42)43/h2-3,5-6,8-11,14-18H,1H3. The Morgan fingerprint density at radius 3 is 1.89 bits per heavy atom. The van der Waals surface area contributed by atoms with Crippen LogP contribution in [0.15, 0.2) is 78.9 Å². The summed E-state index contributed by atoms with van der Waals surface area (Å²) in [6.45, 7) is 1.90. The molecule has 0 atom stereocenters. The second-order valence-corrected chi connectivity index (χ2v) is 9.92. The number of ether oxygens (including phenoxy) is 1. The summed E-state index contributed by atoms with van der Waals surface area (Å²) >= 11 is 0. The van der Waals surface area contributed by atoms with Gasteiger partial charge in [-0.05, 0) is 72.0 Å². The second kappa shape index (κ2) is 12.2. The molecule has 0 aliphatic carbocycles. The van der Waals surface area contributed by atoms with Crippen LogP contribution in [-0.2, 0) is 6.11 Å². The molecule has 5 rings (SSSR count). The summed E-state index contributed by atoms with van der Waals surface area (Å²) < 4.78 is 145. The lowest BCUT2D eigenvalue weighted by molar-refractivity contribution is -0.189. The Hall–Kier alpha value is -5.42. The smallest absolute Gasteiger partial charge is 0.429 e. The number of rotatable bonds is 4. The average molecular weight is 642 g/mol. The van der Waals surface area contributed by atoms with Gasteiger partial charge in [0, 0.05) is 16.9 Å². The van der Waals surface area contributed by atoms with E-state index < -0.39 is 74.6 Å². The maximum atomic E-state index is 15.0. The van der Waals surface area contributed by atoms with Crippen molar-refractivity contribution >= 4 is 10.8 Å². The number of benzene rings is 5. The van der Waals surface area contributed by atoms with Crippen molar-refractivity contribution in [2.75, 3.05) is 0 Å². The van der Waals surface area contributed by atoms with Gasteiger partial charge in [-0.1, -0.05) is 53.7 Å². The molecule has 232 valence electrons. The summed E-state index contributed by atoms with van der Waals surface area (Å²) in [6, 6.07) is 15.3. The molecule has 5 aromatic carbocycles. The van der Waals surface area contributed by atoms with Gasteiger partial charge in [-0.3, -0.25) is 0 Å². The first-order chi connectivity index (χ1) is 21.6. The predicted molar refractivity (Wildman–Crippen MR) is 150 cm³/mol. The summed E-state index contributed by atoms with van der Waals surface area (Å²) in [6.07, 6.45) is -9.68. The van der Waals surface area contributed by atoms with E-state index in [2.05, 4.69) is 16.6 Å². The molecule has 0 aliphatic heterocycles. The largest absolute Gasteiger partial charge is 0.458 e. The fourth-order valence-corrected chi connectivity index (χ4v) is 4.42. The minimum Gasteiger partial charge on any atom is -0.429 e. The third kappa shape index (κ3) is 6.94. The van der Waals surface area contributed by atoms with Crippen LogP contribution in [0.1, 0.15) is 27.8 Å². The van der Waals surface area contributed by atoms with Gasteiger partial charge in [-0.2, -0.15) is 22.0 Å². The van der Waals surface area contributed by atoms with Crippen LogP contribution in [0.3, 0.4) is 0 Å². The summed E-state index contributed by atoms with van der Waals surface area (Å²) in [5.41, 5.74) is -1.18. The molecule has 0 aliphatic rings. The van der Waals surface area contributed by atoms with Crippen LogP contribution in [0.25, 0.3) is 21.9 Å². The molecule has 0 spiro atoms. The third-order valence-electron chi connectivity index (χ3n) is 6.60. The highest BCUT2D eigenvalue weighted by atomic mass is 19.4. The molecule has 0 fully saturated rings. The van der Waals surface area contributed by atoms with Gasteiger partial charge < -0.3 is 4.74 Å². The normalized spacial score (nSPS) is 11.5. The van der Waals surface area contributed by atoms with Crippen molar-refractivity contribution in [2.45, 2.75) is 19.2 Å². The van der Waals surface area contributed by atoms with Gasteiger partial charge in [0.2, 0.25) is 0 Å². The first kappa shape index (κ1) is 32.0. The lowest BCUT2D eigenvalue weighted by Crippen LogP contribution is -2.25. The van der Waals surface area contributed by atoms with E-state index in [0.29, 0.717) is 29.8 Å². The number of alkyl halides is 5. The average Bonchev–Trinajstić information content (AvgIpc) is 2.95. The highest BCUT2D eigenvalue weighted by Gasteiger charge is 2.41. The quantitative estimate of drug-likeness (QED) is 0.140. The molecule has 0 aromatic heterocycles. The van der Waals surface area contributed by atoms with Gasteiger partial charge in [0.15, 0.2) is 0 Å². The third-order valence-corrected chi connectivity index (χ3v) is 6.60. The number of hydrogen-bond donors (Lipinski definition) is 0. The maximum absolute atomic E-state index is 15.0. The molecule has 1 nitrogen and oxygen atoms in total. The zero-order chi connectivity index (χ0) is 33.4. The van der Waals surface area contributed by atoms with E-state index in [1.165, 1.54) is 18.1 Å². The van der Waals surface area contributed by atoms with Crippen LogP contribution in [0.4, 0.5) is 43.9 Å². The molecule has 0 saturated heterocycles. The molecule has 0 unspecified atom stereocenters. The van der Waals surface area contributed by atoms with Crippen LogP contribution in [0.5, 0.6) is 5.75 Å². The zero-order valence-corrected chi connectivity index (χ0v) is 23.2. The van der Waals surface area contributed by atoms with Crippen molar-refractivity contribution in [3.05, 3.63) is 136 Å². The van der Waals surface area contributed by atoms with Crippen LogP contribution < -0.4 is 4.74 Å². The van der Waals surface area contributed by atoms with E-state index >= 15 is 0 Å². The lowest BCUT2D eigenvalue weighted by Gasteiger charge is -2.20. The monoisotopic (exact) mass is 642 g/mol. The zero-order valence-electron chi connectivity index (χ0n) is 23.2. The van der Waals surface area contributed by atoms with E-state index in [-0.39, 0.29) is 5.56 Å². The second-order valence-electron chi connectivity index (χ2n) is 9.92. The fourth-order valence-electron chi connectivity index (χ4n) is 4.42. The summed E-state index contributed by atoms with van der Waals surface area (Å²) in [5, 5.41) is -0.892. The van der Waals surface area contributed by atoms with E-state index in [4.69, 9.17) is 0 Å². The molecular weight excluding hydrogens is 626 g/mol. The van der Waals surface area contributed by atoms with Crippen molar-refractivity contribution < 1.29 is 48.6 Å². The van der Waals surface area contributed by atoms with Crippen molar-refractivity contribution in [2.24, 2.45) is 0 Å². The van der Waals surface area contributed by atoms with Crippen LogP contribution >= 0.6 is 0 Å². The minimum absolute atomic E-state index is 0.113. The number of aryl methyl sites for hydroxylation is 1. The van der Waals surface area contributed by atoms with E-state index in [9.17, 15) is 43.9 Å². The van der Waals surface area contributed by atoms with Gasteiger partial charge in [0.05, 0.1) is 11.1 Å². The maximum Gasteiger partial charge on any atom is 0.458 e. The van der Waals surface area contributed by atoms with Crippen LogP contribution in [-0.4, -0.2) is 6.18 Å². The predicted octanol–water partition coefficient (Wildman–Crippen LogP) is 9.95. The number of fused-ring (bicyclic) bond motifs is 1. The molecule has 0 radical (unpaired) electrons. The highest BCUT2D eigenvalue weighted by Crippen LogP contribution is 2.37. The molecular formula is C35H16F10O. The highest BCUT2D eigenvalue weighted by molar-refractivity contribution is 5.86. The van der Waals surface area contributed by atoms with Gasteiger partial charge in [-0.15, -0.1) is 0 Å². The van der Waals surface area contributed by atoms with Gasteiger partial charge in [-0.25, -0.2) is 22.0 Å². The molecule has 0 heterocycles. The summed E-state index contributed by atoms with van der Waals surface area (Å²) in [5.74, 6) is -1.18. The van der Waals surface area contributed by atoms with Crippen LogP contribution in [0.2, 0.25) is 0 Å². The van der Waals surface area contributed by atoms with E-state index in [1.54, 1.807) is 18.2 Å². The van der Waals surface area contributed by atoms with Crippen molar-refractivity contribution in [3.63, 3.8) is 0 Å². The molecule has 0 amide bonds. The molecule has 5 aromatic rings. The lowest BCUT2D eigenvalue weighted by atomic mass is 10.0. The minimum atomic E-state index is -5.03. The molecule has 11 heteroatoms. The Morgan fingerprint density at radius 2 is 1.26 bits per heavy atom. The Balaban J connectivity index is 1.39. The molecule has 0 bridgehead atoms. The Morgan fingerprint density at radius 1 is 0.609 bits per heavy atom. The molecule has 46 heavy (non-hydrogen) atoms. The van der Waals surface area contributed by atoms with Crippen molar-refractivity contribution in [1.29, 1.82) is 0 Å². The van der Waals surface area contributed by atoms with Gasteiger partial charge >= 0.3 is 12.3 Å². The number of hydrogen-bond acceptors (Lipinski definition) is 1. The topological polar surface area (TPSA) is 9.23 Å². The molecule has 0 saturated carbocycles. The van der Waals surface area contributed by atoms with Gasteiger partial charge in [0.1, 0.15) is 40.4 Å². The Labute approximate surface area is 255 Å². The Bertz CT molecular complexity index is 2090. The first-order valence-electron chi connectivity index (χ1n) is 13.1. The Kier molecular flexibility index (Phi) is 8.46. The van der Waals surface area contributed by atoms with E-state index in [0.717, 1.165) is 29.2 Å². The van der Waals surface area contributed by atoms with Crippen molar-refractivity contribution in [3.8, 4) is 40.6 Å². The summed E-state index contributed by atoms with van der Waals surface area (Å²) in [4.78, 5) is 0.